The molecule has 6 heteroatoms. The van der Waals surface area contributed by atoms with Gasteiger partial charge in [0.2, 0.25) is 6.10 Å². The molecule has 0 fully saturated rings. The fourth-order valence-corrected chi connectivity index (χ4v) is 2.99. The van der Waals surface area contributed by atoms with Gasteiger partial charge in [0.15, 0.2) is 6.29 Å². The van der Waals surface area contributed by atoms with Gasteiger partial charge < -0.3 is 14.4 Å². The van der Waals surface area contributed by atoms with E-state index < -0.39 is 12.1 Å². The summed E-state index contributed by atoms with van der Waals surface area (Å²) in [5.41, 5.74) is 2.16. The normalized spacial score (nSPS) is 15.9. The van der Waals surface area contributed by atoms with E-state index in [4.69, 9.17) is 21.1 Å². The maximum Gasteiger partial charge on any atom is 0.349 e. The summed E-state index contributed by atoms with van der Waals surface area (Å²) >= 11 is 6.17. The molecule has 130 valence electrons. The van der Waals surface area contributed by atoms with Crippen LogP contribution in [-0.2, 0) is 16.1 Å². The summed E-state index contributed by atoms with van der Waals surface area (Å²) in [5.74, 6) is 0.0283. The van der Waals surface area contributed by atoms with Crippen molar-refractivity contribution in [1.29, 1.82) is 0 Å². The van der Waals surface area contributed by atoms with Gasteiger partial charge in [0.25, 0.3) is 0 Å². The molecular formula is C19H18ClNO4. The Kier molecular flexibility index (Phi) is 5.24. The van der Waals surface area contributed by atoms with Crippen molar-refractivity contribution in [3.63, 3.8) is 0 Å². The number of hydrogen-bond donors (Lipinski definition) is 0. The molecule has 5 nitrogen and oxygen atoms in total. The number of benzene rings is 2. The Bertz CT molecular complexity index is 778. The molecule has 25 heavy (non-hydrogen) atoms. The predicted octanol–water partition coefficient (Wildman–Crippen LogP) is 3.48. The fourth-order valence-electron chi connectivity index (χ4n) is 2.79. The molecule has 0 saturated carbocycles. The summed E-state index contributed by atoms with van der Waals surface area (Å²) in [4.78, 5) is 25.3. The number of fused-ring (bicyclic) bond motifs is 1. The molecule has 1 unspecified atom stereocenters. The summed E-state index contributed by atoms with van der Waals surface area (Å²) in [6, 6.07) is 13.2. The molecule has 0 aliphatic carbocycles. The fraction of sp³-hybridized carbons (Fsp3) is 0.263. The highest BCUT2D eigenvalue weighted by Crippen LogP contribution is 2.38. The Labute approximate surface area is 151 Å². The number of anilines is 1. The standard InChI is InChI=1S/C19H18ClNO4/c1-2-24-19(23)18-11-21(10-13-6-4-3-5-7-13)16-9-15(20)14(12-22)8-17(16)25-18/h3-9,12,18H,2,10-11H2,1H3. The Morgan fingerprint density at radius 1 is 1.36 bits per heavy atom. The highest BCUT2D eigenvalue weighted by atomic mass is 35.5. The molecule has 3 rings (SSSR count). The van der Waals surface area contributed by atoms with Crippen molar-refractivity contribution in [3.8, 4) is 5.75 Å². The second-order valence-corrected chi connectivity index (χ2v) is 6.09. The van der Waals surface area contributed by atoms with Crippen molar-refractivity contribution in [3.05, 3.63) is 58.6 Å². The summed E-state index contributed by atoms with van der Waals surface area (Å²) in [6.07, 6.45) is -0.0848. The summed E-state index contributed by atoms with van der Waals surface area (Å²) in [7, 11) is 0. The third-order valence-electron chi connectivity index (χ3n) is 3.97. The number of rotatable bonds is 5. The van der Waals surface area contributed by atoms with Gasteiger partial charge in [-0.25, -0.2) is 4.79 Å². The van der Waals surface area contributed by atoms with Crippen LogP contribution in [0.25, 0.3) is 0 Å². The van der Waals surface area contributed by atoms with Crippen LogP contribution in [-0.4, -0.2) is 31.5 Å². The lowest BCUT2D eigenvalue weighted by Crippen LogP contribution is -2.45. The predicted molar refractivity (Wildman–Crippen MR) is 95.4 cm³/mol. The van der Waals surface area contributed by atoms with Crippen LogP contribution in [0.1, 0.15) is 22.8 Å². The second-order valence-electron chi connectivity index (χ2n) is 5.68. The van der Waals surface area contributed by atoms with Crippen LogP contribution in [0.3, 0.4) is 0 Å². The Balaban J connectivity index is 1.96. The Morgan fingerprint density at radius 2 is 2.12 bits per heavy atom. The molecule has 1 heterocycles. The zero-order valence-corrected chi connectivity index (χ0v) is 14.5. The monoisotopic (exact) mass is 359 g/mol. The third kappa shape index (κ3) is 3.77. The number of nitrogens with zero attached hydrogens (tertiary/aromatic N) is 1. The second kappa shape index (κ2) is 7.57. The van der Waals surface area contributed by atoms with Crippen molar-refractivity contribution in [1.82, 2.24) is 0 Å². The van der Waals surface area contributed by atoms with Gasteiger partial charge in [-0.15, -0.1) is 0 Å². The van der Waals surface area contributed by atoms with E-state index in [1.165, 1.54) is 0 Å². The maximum absolute atomic E-state index is 12.2. The van der Waals surface area contributed by atoms with Crippen molar-refractivity contribution in [2.75, 3.05) is 18.1 Å². The highest BCUT2D eigenvalue weighted by molar-refractivity contribution is 6.33. The zero-order valence-electron chi connectivity index (χ0n) is 13.8. The minimum atomic E-state index is -0.753. The molecule has 1 aliphatic heterocycles. The number of hydrogen-bond acceptors (Lipinski definition) is 5. The summed E-state index contributed by atoms with van der Waals surface area (Å²) in [6.45, 7) is 2.96. The molecule has 1 atom stereocenters. The van der Waals surface area contributed by atoms with Gasteiger partial charge >= 0.3 is 5.97 Å². The molecule has 0 spiro atoms. The summed E-state index contributed by atoms with van der Waals surface area (Å²) in [5, 5.41) is 0.352. The molecule has 0 saturated heterocycles. The van der Waals surface area contributed by atoms with Crippen LogP contribution < -0.4 is 9.64 Å². The van der Waals surface area contributed by atoms with E-state index in [0.717, 1.165) is 11.3 Å². The number of esters is 1. The maximum atomic E-state index is 12.2. The molecule has 0 N–H and O–H groups in total. The largest absolute Gasteiger partial charge is 0.475 e. The van der Waals surface area contributed by atoms with Gasteiger partial charge in [-0.3, -0.25) is 4.79 Å². The van der Waals surface area contributed by atoms with Crippen molar-refractivity contribution in [2.24, 2.45) is 0 Å². The molecule has 0 radical (unpaired) electrons. The lowest BCUT2D eigenvalue weighted by molar-refractivity contribution is -0.151. The third-order valence-corrected chi connectivity index (χ3v) is 4.29. The Hall–Kier alpha value is -2.53. The Morgan fingerprint density at radius 3 is 2.80 bits per heavy atom. The first-order valence-electron chi connectivity index (χ1n) is 8.03. The van der Waals surface area contributed by atoms with Crippen molar-refractivity contribution in [2.45, 2.75) is 19.6 Å². The summed E-state index contributed by atoms with van der Waals surface area (Å²) < 4.78 is 10.9. The molecule has 0 bridgehead atoms. The smallest absolute Gasteiger partial charge is 0.349 e. The minimum absolute atomic E-state index is 0.282. The van der Waals surface area contributed by atoms with Gasteiger partial charge in [-0.05, 0) is 24.6 Å². The van der Waals surface area contributed by atoms with E-state index in [1.54, 1.807) is 19.1 Å². The first-order chi connectivity index (χ1) is 12.1. The molecule has 0 aromatic heterocycles. The van der Waals surface area contributed by atoms with Crippen molar-refractivity contribution >= 4 is 29.5 Å². The van der Waals surface area contributed by atoms with E-state index in [1.807, 2.05) is 35.2 Å². The minimum Gasteiger partial charge on any atom is -0.475 e. The highest BCUT2D eigenvalue weighted by Gasteiger charge is 2.32. The van der Waals surface area contributed by atoms with Crippen molar-refractivity contribution < 1.29 is 19.1 Å². The van der Waals surface area contributed by atoms with Gasteiger partial charge in [0.1, 0.15) is 5.75 Å². The van der Waals surface area contributed by atoms with Crippen LogP contribution in [0.2, 0.25) is 5.02 Å². The number of halogens is 1. The van der Waals surface area contributed by atoms with Crippen LogP contribution in [0, 0.1) is 0 Å². The molecule has 2 aromatic carbocycles. The van der Waals surface area contributed by atoms with E-state index in [0.29, 0.717) is 35.7 Å². The quantitative estimate of drug-likeness (QED) is 0.604. The van der Waals surface area contributed by atoms with E-state index in [9.17, 15) is 9.59 Å². The average Bonchev–Trinajstić information content (AvgIpc) is 2.62. The van der Waals surface area contributed by atoms with Gasteiger partial charge in [-0.1, -0.05) is 41.9 Å². The van der Waals surface area contributed by atoms with Crippen LogP contribution in [0.5, 0.6) is 5.75 Å². The lowest BCUT2D eigenvalue weighted by atomic mass is 10.1. The van der Waals surface area contributed by atoms with Crippen LogP contribution >= 0.6 is 11.6 Å². The first-order valence-corrected chi connectivity index (χ1v) is 8.41. The van der Waals surface area contributed by atoms with Gasteiger partial charge in [-0.2, -0.15) is 0 Å². The van der Waals surface area contributed by atoms with Gasteiger partial charge in [0, 0.05) is 12.1 Å². The van der Waals surface area contributed by atoms with Crippen LogP contribution in [0.15, 0.2) is 42.5 Å². The van der Waals surface area contributed by atoms with E-state index in [2.05, 4.69) is 0 Å². The first kappa shape index (κ1) is 17.3. The van der Waals surface area contributed by atoms with E-state index >= 15 is 0 Å². The lowest BCUT2D eigenvalue weighted by Gasteiger charge is -2.35. The van der Waals surface area contributed by atoms with Gasteiger partial charge in [0.05, 0.1) is 23.9 Å². The zero-order chi connectivity index (χ0) is 17.8. The molecular weight excluding hydrogens is 342 g/mol. The number of carbonyl (C=O) groups excluding carboxylic acids is 2. The topological polar surface area (TPSA) is 55.8 Å². The number of aldehydes is 1. The van der Waals surface area contributed by atoms with E-state index in [-0.39, 0.29) is 6.61 Å². The molecule has 0 amide bonds. The SMILES string of the molecule is CCOC(=O)C1CN(Cc2ccccc2)c2cc(Cl)c(C=O)cc2O1. The average molecular weight is 360 g/mol. The molecule has 2 aromatic rings. The number of carbonyl (C=O) groups is 2. The molecule has 1 aliphatic rings. The van der Waals surface area contributed by atoms with Crippen LogP contribution in [0.4, 0.5) is 5.69 Å². The number of ether oxygens (including phenoxy) is 2.